The predicted molar refractivity (Wildman–Crippen MR) is 82.9 cm³/mol. The molecule has 21 heavy (non-hydrogen) atoms. The van der Waals surface area contributed by atoms with Gasteiger partial charge in [0.25, 0.3) is 0 Å². The molecule has 1 atom stereocenters. The molecule has 1 saturated heterocycles. The zero-order valence-electron chi connectivity index (χ0n) is 11.9. The molecule has 0 aromatic heterocycles. The Morgan fingerprint density at radius 1 is 1.48 bits per heavy atom. The smallest absolute Gasteiger partial charge is 0.232 e. The number of ether oxygens (including phenoxy) is 1. The normalized spacial score (nSPS) is 18.1. The Bertz CT molecular complexity index is 574. The molecule has 0 aliphatic carbocycles. The van der Waals surface area contributed by atoms with Crippen molar-refractivity contribution < 1.29 is 14.3 Å². The van der Waals surface area contributed by atoms with E-state index in [1.165, 1.54) is 4.90 Å². The van der Waals surface area contributed by atoms with Crippen molar-refractivity contribution in [2.45, 2.75) is 19.8 Å². The summed E-state index contributed by atoms with van der Waals surface area (Å²) in [6.45, 7) is 2.60. The minimum absolute atomic E-state index is 0.0875. The number of thiocarbonyl (C=S) groups is 1. The maximum Gasteiger partial charge on any atom is 0.232 e. The van der Waals surface area contributed by atoms with Gasteiger partial charge in [-0.3, -0.25) is 14.5 Å². The highest BCUT2D eigenvalue weighted by Gasteiger charge is 2.34. The number of carbonyl (C=O) groups is 2. The van der Waals surface area contributed by atoms with E-state index in [9.17, 15) is 9.59 Å². The summed E-state index contributed by atoms with van der Waals surface area (Å²) in [6, 6.07) is 7.23. The van der Waals surface area contributed by atoms with E-state index < -0.39 is 0 Å². The second kappa shape index (κ2) is 6.67. The van der Waals surface area contributed by atoms with E-state index in [-0.39, 0.29) is 17.7 Å². The van der Waals surface area contributed by atoms with Crippen LogP contribution in [0.4, 0.5) is 0 Å². The second-order valence-electron chi connectivity index (χ2n) is 5.08. The van der Waals surface area contributed by atoms with Crippen molar-refractivity contribution in [1.29, 1.82) is 0 Å². The van der Waals surface area contributed by atoms with Gasteiger partial charge in [0, 0.05) is 24.4 Å². The Balaban J connectivity index is 1.80. The lowest BCUT2D eigenvalue weighted by molar-refractivity contribution is -0.139. The first-order chi connectivity index (χ1) is 9.99. The van der Waals surface area contributed by atoms with E-state index >= 15 is 0 Å². The monoisotopic (exact) mass is 306 g/mol. The number of imide groups is 1. The average molecular weight is 306 g/mol. The van der Waals surface area contributed by atoms with Gasteiger partial charge >= 0.3 is 0 Å². The molecule has 1 aromatic carbocycles. The highest BCUT2D eigenvalue weighted by atomic mass is 32.1. The van der Waals surface area contributed by atoms with Crippen LogP contribution in [0.5, 0.6) is 5.75 Å². The van der Waals surface area contributed by atoms with Crippen LogP contribution in [0.25, 0.3) is 0 Å². The molecule has 1 aliphatic rings. The number of carbonyl (C=O) groups excluding carboxylic acids is 2. The van der Waals surface area contributed by atoms with Crippen molar-refractivity contribution in [1.82, 2.24) is 4.90 Å². The van der Waals surface area contributed by atoms with Gasteiger partial charge < -0.3 is 10.5 Å². The van der Waals surface area contributed by atoms with Gasteiger partial charge in [0.1, 0.15) is 10.7 Å². The highest BCUT2D eigenvalue weighted by Crippen LogP contribution is 2.19. The third-order valence-corrected chi connectivity index (χ3v) is 3.62. The summed E-state index contributed by atoms with van der Waals surface area (Å²) < 4.78 is 5.59. The molecule has 5 nitrogen and oxygen atoms in total. The van der Waals surface area contributed by atoms with Crippen LogP contribution in [0.15, 0.2) is 24.3 Å². The molecule has 0 radical (unpaired) electrons. The number of likely N-dealkylation sites (tertiary alicyclic amines) is 1. The van der Waals surface area contributed by atoms with Crippen LogP contribution in [-0.4, -0.2) is 34.9 Å². The standard InChI is InChI=1S/C15H18N2O3S/c1-10-8-13(18)17(15(10)19)6-3-7-20-12-5-2-4-11(9-12)14(16)21/h2,4-5,9-10H,3,6-8H2,1H3,(H2,16,21). The van der Waals surface area contributed by atoms with Crippen LogP contribution in [-0.2, 0) is 9.59 Å². The molecule has 0 saturated carbocycles. The Kier molecular flexibility index (Phi) is 4.90. The van der Waals surface area contributed by atoms with E-state index in [4.69, 9.17) is 22.7 Å². The van der Waals surface area contributed by atoms with Gasteiger partial charge in [0.05, 0.1) is 6.61 Å². The van der Waals surface area contributed by atoms with Crippen LogP contribution in [0.2, 0.25) is 0 Å². The van der Waals surface area contributed by atoms with Gasteiger partial charge in [-0.05, 0) is 18.6 Å². The number of benzene rings is 1. The van der Waals surface area contributed by atoms with E-state index in [2.05, 4.69) is 0 Å². The van der Waals surface area contributed by atoms with Crippen molar-refractivity contribution in [3.63, 3.8) is 0 Å². The van der Waals surface area contributed by atoms with Gasteiger partial charge in [0.2, 0.25) is 11.8 Å². The van der Waals surface area contributed by atoms with Crippen LogP contribution in [0, 0.1) is 5.92 Å². The van der Waals surface area contributed by atoms with Crippen molar-refractivity contribution in [3.05, 3.63) is 29.8 Å². The number of hydrogen-bond acceptors (Lipinski definition) is 4. The second-order valence-corrected chi connectivity index (χ2v) is 5.52. The van der Waals surface area contributed by atoms with Crippen molar-refractivity contribution >= 4 is 29.0 Å². The van der Waals surface area contributed by atoms with Gasteiger partial charge in [-0.2, -0.15) is 0 Å². The van der Waals surface area contributed by atoms with Gasteiger partial charge in [-0.1, -0.05) is 31.3 Å². The van der Waals surface area contributed by atoms with E-state index in [1.54, 1.807) is 13.0 Å². The summed E-state index contributed by atoms with van der Waals surface area (Å²) in [5, 5.41) is 0. The Labute approximate surface area is 129 Å². The number of hydrogen-bond donors (Lipinski definition) is 1. The van der Waals surface area contributed by atoms with Crippen LogP contribution in [0.1, 0.15) is 25.3 Å². The molecule has 1 unspecified atom stereocenters. The third-order valence-electron chi connectivity index (χ3n) is 3.38. The minimum Gasteiger partial charge on any atom is -0.494 e. The first-order valence-corrected chi connectivity index (χ1v) is 7.26. The molecule has 2 N–H and O–H groups in total. The summed E-state index contributed by atoms with van der Waals surface area (Å²) in [6.07, 6.45) is 0.914. The van der Waals surface area contributed by atoms with Gasteiger partial charge in [-0.25, -0.2) is 0 Å². The molecule has 2 rings (SSSR count). The predicted octanol–water partition coefficient (Wildman–Crippen LogP) is 1.48. The highest BCUT2D eigenvalue weighted by molar-refractivity contribution is 7.80. The van der Waals surface area contributed by atoms with E-state index in [0.29, 0.717) is 36.7 Å². The minimum atomic E-state index is -0.194. The SMILES string of the molecule is CC1CC(=O)N(CCCOc2cccc(C(N)=S)c2)C1=O. The van der Waals surface area contributed by atoms with Crippen molar-refractivity contribution in [2.24, 2.45) is 11.7 Å². The average Bonchev–Trinajstić information content (AvgIpc) is 2.69. The number of nitrogens with zero attached hydrogens (tertiary/aromatic N) is 1. The lowest BCUT2D eigenvalue weighted by Crippen LogP contribution is -2.32. The first-order valence-electron chi connectivity index (χ1n) is 6.86. The Morgan fingerprint density at radius 3 is 2.86 bits per heavy atom. The molecular weight excluding hydrogens is 288 g/mol. The Morgan fingerprint density at radius 2 is 2.24 bits per heavy atom. The summed E-state index contributed by atoms with van der Waals surface area (Å²) in [4.78, 5) is 25.0. The fourth-order valence-electron chi connectivity index (χ4n) is 2.24. The molecule has 0 spiro atoms. The van der Waals surface area contributed by atoms with Gasteiger partial charge in [0.15, 0.2) is 0 Å². The number of nitrogens with two attached hydrogens (primary N) is 1. The molecule has 112 valence electrons. The zero-order valence-corrected chi connectivity index (χ0v) is 12.7. The van der Waals surface area contributed by atoms with Crippen molar-refractivity contribution in [2.75, 3.05) is 13.2 Å². The number of rotatable bonds is 6. The molecule has 1 aromatic rings. The quantitative estimate of drug-likeness (QED) is 0.490. The molecule has 0 bridgehead atoms. The summed E-state index contributed by atoms with van der Waals surface area (Å²) >= 11 is 4.91. The number of amides is 2. The van der Waals surface area contributed by atoms with Crippen LogP contribution < -0.4 is 10.5 Å². The zero-order chi connectivity index (χ0) is 15.4. The molecule has 1 fully saturated rings. The molecule has 6 heteroatoms. The van der Waals surface area contributed by atoms with E-state index in [0.717, 1.165) is 5.56 Å². The Hall–Kier alpha value is -1.95. The maximum atomic E-state index is 11.7. The lowest BCUT2D eigenvalue weighted by atomic mass is 10.1. The molecule has 2 amide bonds. The lowest BCUT2D eigenvalue weighted by Gasteiger charge is -2.14. The summed E-state index contributed by atoms with van der Waals surface area (Å²) in [7, 11) is 0. The summed E-state index contributed by atoms with van der Waals surface area (Å²) in [5.41, 5.74) is 6.31. The van der Waals surface area contributed by atoms with Crippen LogP contribution >= 0.6 is 12.2 Å². The molecule has 1 heterocycles. The summed E-state index contributed by atoms with van der Waals surface area (Å²) in [5.74, 6) is 0.298. The van der Waals surface area contributed by atoms with Crippen molar-refractivity contribution in [3.8, 4) is 5.75 Å². The van der Waals surface area contributed by atoms with Gasteiger partial charge in [-0.15, -0.1) is 0 Å². The first kappa shape index (κ1) is 15.4. The maximum absolute atomic E-state index is 11.7. The largest absolute Gasteiger partial charge is 0.494 e. The van der Waals surface area contributed by atoms with E-state index in [1.807, 2.05) is 18.2 Å². The topological polar surface area (TPSA) is 72.6 Å². The van der Waals surface area contributed by atoms with Crippen LogP contribution in [0.3, 0.4) is 0 Å². The molecule has 1 aliphatic heterocycles. The molecular formula is C15H18N2O3S. The third kappa shape index (κ3) is 3.78. The fourth-order valence-corrected chi connectivity index (χ4v) is 2.36. The fraction of sp³-hybridized carbons (Fsp3) is 0.400.